The summed E-state index contributed by atoms with van der Waals surface area (Å²) in [5.41, 5.74) is 1.01. The standard InChI is InChI=1S/C13H12N2OS2/c1-8-6-12(17)15-13(14-8)10-7-18-11-5-3-2-4-9(11)16-10/h2-6,10H,7H2,1H3,(H,14,15,17). The number of hydrogen-bond acceptors (Lipinski definition) is 4. The van der Waals surface area contributed by atoms with Gasteiger partial charge in [-0.2, -0.15) is 0 Å². The number of ether oxygens (including phenoxy) is 1. The summed E-state index contributed by atoms with van der Waals surface area (Å²) in [6.45, 7) is 1.98. The van der Waals surface area contributed by atoms with E-state index in [0.29, 0.717) is 4.64 Å². The molecule has 0 saturated carbocycles. The number of aromatic amines is 1. The molecule has 0 aliphatic carbocycles. The van der Waals surface area contributed by atoms with Crippen molar-refractivity contribution >= 4 is 24.0 Å². The van der Waals surface area contributed by atoms with E-state index in [1.54, 1.807) is 11.8 Å². The molecule has 3 rings (SSSR count). The quantitative estimate of drug-likeness (QED) is 0.806. The number of H-pyrrole nitrogens is 1. The number of thioether (sulfide) groups is 1. The molecule has 92 valence electrons. The summed E-state index contributed by atoms with van der Waals surface area (Å²) in [4.78, 5) is 8.76. The van der Waals surface area contributed by atoms with E-state index in [-0.39, 0.29) is 6.10 Å². The number of fused-ring (bicyclic) bond motifs is 1. The summed E-state index contributed by atoms with van der Waals surface area (Å²) in [6, 6.07) is 9.91. The van der Waals surface area contributed by atoms with Crippen molar-refractivity contribution in [3.05, 3.63) is 46.5 Å². The summed E-state index contributed by atoms with van der Waals surface area (Å²) in [5, 5.41) is 0. The Morgan fingerprint density at radius 1 is 1.44 bits per heavy atom. The lowest BCUT2D eigenvalue weighted by Gasteiger charge is -2.24. The van der Waals surface area contributed by atoms with Gasteiger partial charge in [-0.15, -0.1) is 11.8 Å². The van der Waals surface area contributed by atoms with Gasteiger partial charge in [0.1, 0.15) is 16.2 Å². The van der Waals surface area contributed by atoms with Crippen LogP contribution in [0.5, 0.6) is 5.75 Å². The van der Waals surface area contributed by atoms with Gasteiger partial charge in [0, 0.05) is 16.3 Å². The molecule has 0 saturated heterocycles. The van der Waals surface area contributed by atoms with E-state index in [2.05, 4.69) is 16.0 Å². The van der Waals surface area contributed by atoms with Crippen LogP contribution in [0.3, 0.4) is 0 Å². The van der Waals surface area contributed by atoms with Crippen LogP contribution in [0.15, 0.2) is 35.2 Å². The van der Waals surface area contributed by atoms with Crippen molar-refractivity contribution in [2.24, 2.45) is 0 Å². The Morgan fingerprint density at radius 3 is 3.11 bits per heavy atom. The highest BCUT2D eigenvalue weighted by Gasteiger charge is 2.23. The lowest BCUT2D eigenvalue weighted by atomic mass is 10.3. The third kappa shape index (κ3) is 2.28. The number of benzene rings is 1. The van der Waals surface area contributed by atoms with Crippen molar-refractivity contribution in [3.63, 3.8) is 0 Å². The predicted octanol–water partition coefficient (Wildman–Crippen LogP) is 3.67. The fraction of sp³-hybridized carbons (Fsp3) is 0.231. The Hall–Kier alpha value is -1.33. The molecule has 1 aliphatic heterocycles. The number of nitrogens with one attached hydrogen (secondary N) is 1. The van der Waals surface area contributed by atoms with Gasteiger partial charge < -0.3 is 9.72 Å². The maximum atomic E-state index is 5.97. The van der Waals surface area contributed by atoms with Crippen molar-refractivity contribution in [2.75, 3.05) is 5.75 Å². The first-order valence-corrected chi connectivity index (χ1v) is 7.08. The molecule has 1 aliphatic rings. The van der Waals surface area contributed by atoms with Crippen LogP contribution in [0.4, 0.5) is 0 Å². The first-order chi connectivity index (χ1) is 8.72. The van der Waals surface area contributed by atoms with Gasteiger partial charge in [-0.05, 0) is 25.1 Å². The smallest absolute Gasteiger partial charge is 0.165 e. The highest BCUT2D eigenvalue weighted by molar-refractivity contribution is 7.99. The van der Waals surface area contributed by atoms with Gasteiger partial charge in [-0.1, -0.05) is 24.4 Å². The molecular formula is C13H12N2OS2. The fourth-order valence-corrected chi connectivity index (χ4v) is 3.17. The van der Waals surface area contributed by atoms with Crippen molar-refractivity contribution in [3.8, 4) is 5.75 Å². The third-order valence-electron chi connectivity index (χ3n) is 2.71. The second-order valence-corrected chi connectivity index (χ2v) is 5.63. The summed E-state index contributed by atoms with van der Waals surface area (Å²) in [6.07, 6.45) is -0.0634. The van der Waals surface area contributed by atoms with Crippen LogP contribution in [0.1, 0.15) is 17.6 Å². The minimum Gasteiger partial charge on any atom is -0.480 e. The Bertz CT molecular complexity index is 639. The van der Waals surface area contributed by atoms with Crippen molar-refractivity contribution in [1.82, 2.24) is 9.97 Å². The summed E-state index contributed by atoms with van der Waals surface area (Å²) in [5.74, 6) is 2.57. The van der Waals surface area contributed by atoms with E-state index < -0.39 is 0 Å². The number of aryl methyl sites for hydroxylation is 1. The van der Waals surface area contributed by atoms with Gasteiger partial charge in [0.05, 0.1) is 0 Å². The minimum atomic E-state index is -0.0634. The van der Waals surface area contributed by atoms with E-state index >= 15 is 0 Å². The molecule has 0 fully saturated rings. The van der Waals surface area contributed by atoms with E-state index in [0.717, 1.165) is 23.0 Å². The highest BCUT2D eigenvalue weighted by Crippen LogP contribution is 2.39. The highest BCUT2D eigenvalue weighted by atomic mass is 32.2. The Morgan fingerprint density at radius 2 is 2.28 bits per heavy atom. The molecule has 0 spiro atoms. The predicted molar refractivity (Wildman–Crippen MR) is 74.7 cm³/mol. The number of aromatic nitrogens is 2. The van der Waals surface area contributed by atoms with Gasteiger partial charge in [-0.25, -0.2) is 4.98 Å². The second kappa shape index (κ2) is 4.74. The zero-order valence-corrected chi connectivity index (χ0v) is 11.5. The average Bonchev–Trinajstić information content (AvgIpc) is 2.37. The number of para-hydroxylation sites is 1. The Balaban J connectivity index is 1.94. The van der Waals surface area contributed by atoms with Crippen LogP contribution in [0, 0.1) is 11.6 Å². The zero-order valence-electron chi connectivity index (χ0n) is 9.84. The van der Waals surface area contributed by atoms with Crippen LogP contribution in [0.2, 0.25) is 0 Å². The molecule has 5 heteroatoms. The topological polar surface area (TPSA) is 37.9 Å². The van der Waals surface area contributed by atoms with Crippen molar-refractivity contribution < 1.29 is 4.74 Å². The summed E-state index contributed by atoms with van der Waals surface area (Å²) >= 11 is 6.93. The normalized spacial score (nSPS) is 17.9. The minimum absolute atomic E-state index is 0.0634. The van der Waals surface area contributed by atoms with Gasteiger partial charge in [-0.3, -0.25) is 0 Å². The molecule has 0 amide bonds. The molecule has 1 aromatic carbocycles. The van der Waals surface area contributed by atoms with Gasteiger partial charge in [0.2, 0.25) is 0 Å². The van der Waals surface area contributed by atoms with Gasteiger partial charge in [0.25, 0.3) is 0 Å². The molecule has 2 heterocycles. The number of hydrogen-bond donors (Lipinski definition) is 1. The molecule has 0 bridgehead atoms. The molecule has 1 aromatic heterocycles. The Labute approximate surface area is 115 Å². The largest absolute Gasteiger partial charge is 0.480 e. The van der Waals surface area contributed by atoms with Crippen LogP contribution >= 0.6 is 24.0 Å². The third-order valence-corrected chi connectivity index (χ3v) is 4.04. The Kier molecular flexibility index (Phi) is 3.09. The van der Waals surface area contributed by atoms with Gasteiger partial charge >= 0.3 is 0 Å². The first kappa shape index (κ1) is 11.7. The van der Waals surface area contributed by atoms with Crippen molar-refractivity contribution in [1.29, 1.82) is 0 Å². The average molecular weight is 276 g/mol. The van der Waals surface area contributed by atoms with Crippen molar-refractivity contribution in [2.45, 2.75) is 17.9 Å². The van der Waals surface area contributed by atoms with Crippen LogP contribution in [0.25, 0.3) is 0 Å². The molecule has 1 unspecified atom stereocenters. The zero-order chi connectivity index (χ0) is 12.5. The summed E-state index contributed by atoms with van der Waals surface area (Å²) < 4.78 is 6.57. The fourth-order valence-electron chi connectivity index (χ4n) is 1.91. The van der Waals surface area contributed by atoms with E-state index in [1.165, 1.54) is 4.90 Å². The molecule has 2 aromatic rings. The van der Waals surface area contributed by atoms with Crippen LogP contribution in [-0.2, 0) is 0 Å². The lowest BCUT2D eigenvalue weighted by molar-refractivity contribution is 0.210. The second-order valence-electron chi connectivity index (χ2n) is 4.15. The SMILES string of the molecule is Cc1cc(=S)nc(C2CSc3ccccc3O2)[nH]1. The van der Waals surface area contributed by atoms with Crippen LogP contribution in [-0.4, -0.2) is 15.7 Å². The van der Waals surface area contributed by atoms with E-state index in [1.807, 2.05) is 31.2 Å². The number of rotatable bonds is 1. The lowest BCUT2D eigenvalue weighted by Crippen LogP contribution is -2.18. The van der Waals surface area contributed by atoms with Crippen LogP contribution < -0.4 is 4.74 Å². The molecular weight excluding hydrogens is 264 g/mol. The maximum Gasteiger partial charge on any atom is 0.165 e. The first-order valence-electron chi connectivity index (χ1n) is 5.69. The maximum absolute atomic E-state index is 5.97. The molecule has 1 atom stereocenters. The number of nitrogens with zero attached hydrogens (tertiary/aromatic N) is 1. The molecule has 3 nitrogen and oxygen atoms in total. The monoisotopic (exact) mass is 276 g/mol. The van der Waals surface area contributed by atoms with E-state index in [4.69, 9.17) is 17.0 Å². The van der Waals surface area contributed by atoms with E-state index in [9.17, 15) is 0 Å². The molecule has 1 N–H and O–H groups in total. The summed E-state index contributed by atoms with van der Waals surface area (Å²) in [7, 11) is 0. The molecule has 0 radical (unpaired) electrons. The molecule has 18 heavy (non-hydrogen) atoms. The van der Waals surface area contributed by atoms with Gasteiger partial charge in [0.15, 0.2) is 6.10 Å².